The van der Waals surface area contributed by atoms with E-state index in [2.05, 4.69) is 4.98 Å². The van der Waals surface area contributed by atoms with Gasteiger partial charge in [-0.2, -0.15) is 0 Å². The molecular formula is C24H25N3O3. The first-order valence-electron chi connectivity index (χ1n) is 10.1. The third-order valence-electron chi connectivity index (χ3n) is 5.56. The summed E-state index contributed by atoms with van der Waals surface area (Å²) in [6.07, 6.45) is 0.614. The van der Waals surface area contributed by atoms with Gasteiger partial charge in [0.1, 0.15) is 0 Å². The smallest absolute Gasteiger partial charge is 0.296 e. The van der Waals surface area contributed by atoms with Crippen molar-refractivity contribution in [3.05, 3.63) is 77.5 Å². The van der Waals surface area contributed by atoms with Gasteiger partial charge in [0.05, 0.1) is 11.7 Å². The van der Waals surface area contributed by atoms with E-state index >= 15 is 0 Å². The van der Waals surface area contributed by atoms with Crippen molar-refractivity contribution in [3.8, 4) is 0 Å². The third-order valence-corrected chi connectivity index (χ3v) is 5.56. The summed E-state index contributed by atoms with van der Waals surface area (Å²) < 4.78 is 5.61. The highest BCUT2D eigenvalue weighted by Crippen LogP contribution is 2.42. The van der Waals surface area contributed by atoms with Gasteiger partial charge in [-0.15, -0.1) is 0 Å². The Morgan fingerprint density at radius 3 is 2.37 bits per heavy atom. The standard InChI is InChI=1S/C24H25N3O3/c1-15-14-22(27(18(4)28)19-10-6-5-7-11-19)20-12-8-9-13-21(20)26(15)24(29)23-16(2)25-17(3)30-23/h5-13,15,22H,14H2,1-4H3. The number of rotatable bonds is 3. The summed E-state index contributed by atoms with van der Waals surface area (Å²) in [6.45, 7) is 7.10. The normalized spacial score (nSPS) is 18.1. The van der Waals surface area contributed by atoms with E-state index in [4.69, 9.17) is 4.42 Å². The predicted octanol–water partition coefficient (Wildman–Crippen LogP) is 4.82. The number of para-hydroxylation sites is 2. The van der Waals surface area contributed by atoms with Crippen LogP contribution in [0.25, 0.3) is 0 Å². The molecular weight excluding hydrogens is 378 g/mol. The molecule has 4 rings (SSSR count). The van der Waals surface area contributed by atoms with E-state index in [-0.39, 0.29) is 29.7 Å². The van der Waals surface area contributed by atoms with Gasteiger partial charge in [0.25, 0.3) is 5.91 Å². The van der Waals surface area contributed by atoms with Gasteiger partial charge in [-0.1, -0.05) is 36.4 Å². The van der Waals surface area contributed by atoms with E-state index in [9.17, 15) is 9.59 Å². The molecule has 1 aromatic heterocycles. The summed E-state index contributed by atoms with van der Waals surface area (Å²) in [4.78, 5) is 33.9. The minimum absolute atomic E-state index is 0.0327. The highest BCUT2D eigenvalue weighted by molar-refractivity contribution is 6.06. The topological polar surface area (TPSA) is 66.7 Å². The van der Waals surface area contributed by atoms with Crippen molar-refractivity contribution in [2.75, 3.05) is 9.80 Å². The summed E-state index contributed by atoms with van der Waals surface area (Å²) in [5.41, 5.74) is 3.16. The van der Waals surface area contributed by atoms with Crippen molar-refractivity contribution >= 4 is 23.2 Å². The molecule has 0 bridgehead atoms. The number of carbonyl (C=O) groups excluding carboxylic acids is 2. The number of aromatic nitrogens is 1. The zero-order chi connectivity index (χ0) is 21.4. The number of aryl methyl sites for hydroxylation is 2. The van der Waals surface area contributed by atoms with Crippen LogP contribution in [0.1, 0.15) is 54.0 Å². The van der Waals surface area contributed by atoms with Crippen molar-refractivity contribution in [2.24, 2.45) is 0 Å². The van der Waals surface area contributed by atoms with Crippen LogP contribution in [-0.4, -0.2) is 22.8 Å². The molecule has 3 aromatic rings. The van der Waals surface area contributed by atoms with Gasteiger partial charge in [-0.3, -0.25) is 9.59 Å². The number of anilines is 2. The lowest BCUT2D eigenvalue weighted by Crippen LogP contribution is -2.47. The number of hydrogen-bond acceptors (Lipinski definition) is 4. The lowest BCUT2D eigenvalue weighted by Gasteiger charge is -2.43. The van der Waals surface area contributed by atoms with Crippen LogP contribution >= 0.6 is 0 Å². The van der Waals surface area contributed by atoms with Crippen LogP contribution in [-0.2, 0) is 4.79 Å². The van der Waals surface area contributed by atoms with Gasteiger partial charge >= 0.3 is 0 Å². The fourth-order valence-corrected chi connectivity index (χ4v) is 4.34. The molecule has 0 saturated heterocycles. The molecule has 0 spiro atoms. The van der Waals surface area contributed by atoms with Crippen molar-refractivity contribution in [3.63, 3.8) is 0 Å². The van der Waals surface area contributed by atoms with Crippen LogP contribution < -0.4 is 9.80 Å². The van der Waals surface area contributed by atoms with Crippen LogP contribution in [0.15, 0.2) is 59.0 Å². The summed E-state index contributed by atoms with van der Waals surface area (Å²) in [5.74, 6) is 0.493. The fraction of sp³-hybridized carbons (Fsp3) is 0.292. The molecule has 154 valence electrons. The number of benzene rings is 2. The predicted molar refractivity (Wildman–Crippen MR) is 116 cm³/mol. The highest BCUT2D eigenvalue weighted by atomic mass is 16.4. The minimum Gasteiger partial charge on any atom is -0.436 e. The van der Waals surface area contributed by atoms with Gasteiger partial charge in [0.2, 0.25) is 11.7 Å². The van der Waals surface area contributed by atoms with Crippen LogP contribution in [0.4, 0.5) is 11.4 Å². The van der Waals surface area contributed by atoms with Gasteiger partial charge in [0, 0.05) is 31.3 Å². The molecule has 0 aliphatic carbocycles. The molecule has 0 saturated carbocycles. The Bertz CT molecular complexity index is 1090. The van der Waals surface area contributed by atoms with Crippen molar-refractivity contribution < 1.29 is 14.0 Å². The molecule has 30 heavy (non-hydrogen) atoms. The summed E-state index contributed by atoms with van der Waals surface area (Å²) in [5, 5.41) is 0. The molecule has 2 atom stereocenters. The maximum Gasteiger partial charge on any atom is 0.296 e. The van der Waals surface area contributed by atoms with E-state index in [0.717, 1.165) is 16.9 Å². The van der Waals surface area contributed by atoms with E-state index in [1.807, 2.05) is 66.4 Å². The summed E-state index contributed by atoms with van der Waals surface area (Å²) in [6, 6.07) is 17.1. The number of amides is 2. The molecule has 1 aliphatic rings. The van der Waals surface area contributed by atoms with E-state index in [1.165, 1.54) is 0 Å². The van der Waals surface area contributed by atoms with Gasteiger partial charge in [0.15, 0.2) is 5.89 Å². The largest absolute Gasteiger partial charge is 0.436 e. The van der Waals surface area contributed by atoms with Crippen LogP contribution in [0.2, 0.25) is 0 Å². The number of hydrogen-bond donors (Lipinski definition) is 0. The average Bonchev–Trinajstić information content (AvgIpc) is 3.06. The van der Waals surface area contributed by atoms with E-state index in [1.54, 1.807) is 25.7 Å². The Labute approximate surface area is 176 Å². The maximum atomic E-state index is 13.4. The number of fused-ring (bicyclic) bond motifs is 1. The lowest BCUT2D eigenvalue weighted by atomic mass is 9.89. The van der Waals surface area contributed by atoms with Crippen molar-refractivity contribution in [1.82, 2.24) is 4.98 Å². The van der Waals surface area contributed by atoms with E-state index < -0.39 is 0 Å². The fourth-order valence-electron chi connectivity index (χ4n) is 4.34. The van der Waals surface area contributed by atoms with Crippen LogP contribution in [0.5, 0.6) is 0 Å². The molecule has 2 unspecified atom stereocenters. The van der Waals surface area contributed by atoms with Gasteiger partial charge in [-0.25, -0.2) is 4.98 Å². The summed E-state index contributed by atoms with van der Waals surface area (Å²) in [7, 11) is 0. The Balaban J connectivity index is 1.80. The monoisotopic (exact) mass is 403 g/mol. The molecule has 2 amide bonds. The first kappa shape index (κ1) is 19.9. The quantitative estimate of drug-likeness (QED) is 0.629. The molecule has 6 heteroatoms. The second-order valence-electron chi connectivity index (χ2n) is 7.71. The first-order valence-corrected chi connectivity index (χ1v) is 10.1. The van der Waals surface area contributed by atoms with E-state index in [0.29, 0.717) is 18.0 Å². The zero-order valence-electron chi connectivity index (χ0n) is 17.6. The number of nitrogens with zero attached hydrogens (tertiary/aromatic N) is 3. The Morgan fingerprint density at radius 1 is 1.07 bits per heavy atom. The zero-order valence-corrected chi connectivity index (χ0v) is 17.6. The Morgan fingerprint density at radius 2 is 1.73 bits per heavy atom. The molecule has 0 N–H and O–H groups in total. The molecule has 0 radical (unpaired) electrons. The number of carbonyl (C=O) groups is 2. The lowest BCUT2D eigenvalue weighted by molar-refractivity contribution is -0.117. The Hall–Kier alpha value is -3.41. The third kappa shape index (κ3) is 3.38. The average molecular weight is 403 g/mol. The second-order valence-corrected chi connectivity index (χ2v) is 7.71. The SMILES string of the molecule is CC(=O)N(c1ccccc1)C1CC(C)N(C(=O)c2oc(C)nc2C)c2ccccc21. The van der Waals surface area contributed by atoms with Gasteiger partial charge in [-0.05, 0) is 44.0 Å². The first-order chi connectivity index (χ1) is 14.4. The minimum atomic E-state index is -0.208. The van der Waals surface area contributed by atoms with Gasteiger partial charge < -0.3 is 14.2 Å². The van der Waals surface area contributed by atoms with Crippen LogP contribution in [0.3, 0.4) is 0 Å². The van der Waals surface area contributed by atoms with Crippen molar-refractivity contribution in [2.45, 2.75) is 46.2 Å². The molecule has 1 aliphatic heterocycles. The highest BCUT2D eigenvalue weighted by Gasteiger charge is 2.39. The molecule has 6 nitrogen and oxygen atoms in total. The second kappa shape index (κ2) is 7.78. The molecule has 0 fully saturated rings. The Kier molecular flexibility index (Phi) is 5.16. The summed E-state index contributed by atoms with van der Waals surface area (Å²) >= 11 is 0. The molecule has 2 heterocycles. The van der Waals surface area contributed by atoms with Crippen molar-refractivity contribution in [1.29, 1.82) is 0 Å². The number of oxazole rings is 1. The molecule has 2 aromatic carbocycles. The van der Waals surface area contributed by atoms with Crippen LogP contribution in [0, 0.1) is 13.8 Å². The maximum absolute atomic E-state index is 13.4.